The standard InChI is InChI=1S/C31H36N2/c1-19-10-9-11-20(2)28(19)27-18-32-29-31(8)16-22(4)21(3)14-25(31)24-15-23(17-30(5,6)7)12-13-26(24)33(27)29/h9-16,18,21H,17H2,1-8H3. The van der Waals surface area contributed by atoms with Gasteiger partial charge >= 0.3 is 0 Å². The van der Waals surface area contributed by atoms with Gasteiger partial charge in [-0.1, -0.05) is 69.7 Å². The molecule has 0 saturated carbocycles. The van der Waals surface area contributed by atoms with Crippen LogP contribution in [0.2, 0.25) is 0 Å². The lowest BCUT2D eigenvalue weighted by Crippen LogP contribution is -2.34. The van der Waals surface area contributed by atoms with E-state index in [-0.39, 0.29) is 10.8 Å². The Bertz CT molecular complexity index is 1310. The first-order valence-electron chi connectivity index (χ1n) is 12.2. The Morgan fingerprint density at radius 3 is 2.39 bits per heavy atom. The van der Waals surface area contributed by atoms with E-state index in [0.717, 1.165) is 12.2 Å². The minimum Gasteiger partial charge on any atom is -0.295 e. The molecule has 1 aliphatic carbocycles. The highest BCUT2D eigenvalue weighted by atomic mass is 15.1. The monoisotopic (exact) mass is 436 g/mol. The fraction of sp³-hybridized carbons (Fsp3) is 0.387. The first-order valence-corrected chi connectivity index (χ1v) is 12.2. The van der Waals surface area contributed by atoms with Gasteiger partial charge in [0.1, 0.15) is 5.82 Å². The predicted octanol–water partition coefficient (Wildman–Crippen LogP) is 8.00. The Balaban J connectivity index is 1.83. The lowest BCUT2D eigenvalue weighted by Gasteiger charge is -2.40. The zero-order valence-electron chi connectivity index (χ0n) is 21.4. The van der Waals surface area contributed by atoms with Crippen LogP contribution in [0.3, 0.4) is 0 Å². The summed E-state index contributed by atoms with van der Waals surface area (Å²) in [7, 11) is 0. The van der Waals surface area contributed by atoms with Gasteiger partial charge in [0.15, 0.2) is 0 Å². The van der Waals surface area contributed by atoms with Crippen LogP contribution in [0, 0.1) is 25.2 Å². The molecule has 1 aromatic heterocycles. The number of imidazole rings is 1. The van der Waals surface area contributed by atoms with E-state index in [1.807, 2.05) is 0 Å². The summed E-state index contributed by atoms with van der Waals surface area (Å²) >= 11 is 0. The summed E-state index contributed by atoms with van der Waals surface area (Å²) in [6.45, 7) is 18.3. The molecule has 2 unspecified atom stereocenters. The summed E-state index contributed by atoms with van der Waals surface area (Å²) in [6, 6.07) is 13.7. The van der Waals surface area contributed by atoms with Crippen LogP contribution in [0.1, 0.15) is 69.6 Å². The van der Waals surface area contributed by atoms with Gasteiger partial charge in [-0.3, -0.25) is 4.57 Å². The number of rotatable bonds is 2. The normalized spacial score (nSPS) is 21.6. The highest BCUT2D eigenvalue weighted by Crippen LogP contribution is 2.51. The first kappa shape index (κ1) is 21.9. The van der Waals surface area contributed by atoms with Gasteiger partial charge in [-0.2, -0.15) is 0 Å². The van der Waals surface area contributed by atoms with E-state index >= 15 is 0 Å². The Labute approximate surface area is 199 Å². The summed E-state index contributed by atoms with van der Waals surface area (Å²) in [5.41, 5.74) is 11.9. The van der Waals surface area contributed by atoms with Crippen LogP contribution in [-0.4, -0.2) is 9.55 Å². The number of fused-ring (bicyclic) bond motifs is 6. The quantitative estimate of drug-likeness (QED) is 0.372. The molecule has 2 heteroatoms. The maximum atomic E-state index is 5.09. The van der Waals surface area contributed by atoms with Crippen LogP contribution >= 0.6 is 0 Å². The van der Waals surface area contributed by atoms with Crippen molar-refractivity contribution >= 4 is 5.57 Å². The Hall–Kier alpha value is -2.87. The van der Waals surface area contributed by atoms with Gasteiger partial charge in [0.2, 0.25) is 0 Å². The minimum atomic E-state index is -0.237. The van der Waals surface area contributed by atoms with Crippen molar-refractivity contribution in [2.45, 2.75) is 67.2 Å². The summed E-state index contributed by atoms with van der Waals surface area (Å²) < 4.78 is 2.43. The van der Waals surface area contributed by atoms with Crippen molar-refractivity contribution in [3.63, 3.8) is 0 Å². The topological polar surface area (TPSA) is 17.8 Å². The Morgan fingerprint density at radius 2 is 1.73 bits per heavy atom. The zero-order valence-corrected chi connectivity index (χ0v) is 21.4. The van der Waals surface area contributed by atoms with Gasteiger partial charge in [0.25, 0.3) is 0 Å². The van der Waals surface area contributed by atoms with Gasteiger partial charge in [0.05, 0.1) is 23.0 Å². The molecule has 2 nitrogen and oxygen atoms in total. The third kappa shape index (κ3) is 3.42. The van der Waals surface area contributed by atoms with Crippen molar-refractivity contribution in [3.8, 4) is 16.9 Å². The number of aromatic nitrogens is 2. The van der Waals surface area contributed by atoms with Crippen LogP contribution in [0.5, 0.6) is 0 Å². The molecule has 33 heavy (non-hydrogen) atoms. The van der Waals surface area contributed by atoms with E-state index in [1.165, 1.54) is 50.3 Å². The van der Waals surface area contributed by atoms with Crippen LogP contribution in [0.25, 0.3) is 22.5 Å². The number of aryl methyl sites for hydroxylation is 2. The fourth-order valence-corrected chi connectivity index (χ4v) is 5.85. The molecule has 0 fully saturated rings. The van der Waals surface area contributed by atoms with Crippen molar-refractivity contribution in [1.29, 1.82) is 0 Å². The van der Waals surface area contributed by atoms with E-state index in [0.29, 0.717) is 5.92 Å². The second-order valence-corrected chi connectivity index (χ2v) is 11.6. The Morgan fingerprint density at radius 1 is 1.03 bits per heavy atom. The number of hydrogen-bond donors (Lipinski definition) is 0. The highest BCUT2D eigenvalue weighted by molar-refractivity contribution is 5.87. The van der Waals surface area contributed by atoms with Crippen LogP contribution in [-0.2, 0) is 11.8 Å². The van der Waals surface area contributed by atoms with Gasteiger partial charge in [-0.15, -0.1) is 0 Å². The van der Waals surface area contributed by atoms with Crippen molar-refractivity contribution in [2.75, 3.05) is 0 Å². The molecular formula is C31H36N2. The second kappa shape index (κ2) is 7.32. The summed E-state index contributed by atoms with van der Waals surface area (Å²) in [5, 5.41) is 0. The van der Waals surface area contributed by atoms with Gasteiger partial charge < -0.3 is 0 Å². The van der Waals surface area contributed by atoms with Crippen LogP contribution in [0.4, 0.5) is 0 Å². The summed E-state index contributed by atoms with van der Waals surface area (Å²) in [6.07, 6.45) is 8.09. The van der Waals surface area contributed by atoms with E-state index < -0.39 is 0 Å². The summed E-state index contributed by atoms with van der Waals surface area (Å²) in [4.78, 5) is 5.09. The average Bonchev–Trinajstić information content (AvgIpc) is 3.15. The maximum absolute atomic E-state index is 5.09. The minimum absolute atomic E-state index is 0.237. The van der Waals surface area contributed by atoms with E-state index in [1.54, 1.807) is 0 Å². The van der Waals surface area contributed by atoms with Gasteiger partial charge in [-0.25, -0.2) is 4.98 Å². The molecule has 2 atom stereocenters. The third-order valence-corrected chi connectivity index (χ3v) is 7.50. The first-order chi connectivity index (χ1) is 15.5. The lowest BCUT2D eigenvalue weighted by atomic mass is 9.68. The summed E-state index contributed by atoms with van der Waals surface area (Å²) in [5.74, 6) is 1.56. The van der Waals surface area contributed by atoms with Gasteiger partial charge in [0, 0.05) is 11.1 Å². The van der Waals surface area contributed by atoms with Crippen molar-refractivity contribution in [2.24, 2.45) is 11.3 Å². The number of allylic oxidation sites excluding steroid dienone is 4. The highest BCUT2D eigenvalue weighted by Gasteiger charge is 2.43. The smallest absolute Gasteiger partial charge is 0.128 e. The molecule has 2 aromatic carbocycles. The van der Waals surface area contributed by atoms with E-state index in [9.17, 15) is 0 Å². The number of nitrogens with zero attached hydrogens (tertiary/aromatic N) is 2. The molecule has 3 aromatic rings. The molecule has 2 aliphatic rings. The molecule has 5 rings (SSSR count). The molecule has 2 heterocycles. The molecule has 0 N–H and O–H groups in total. The molecule has 0 saturated heterocycles. The molecular weight excluding hydrogens is 400 g/mol. The molecule has 0 bridgehead atoms. The number of benzene rings is 2. The largest absolute Gasteiger partial charge is 0.295 e. The zero-order chi connectivity index (χ0) is 23.7. The van der Waals surface area contributed by atoms with E-state index in [2.05, 4.69) is 115 Å². The van der Waals surface area contributed by atoms with Crippen molar-refractivity contribution in [3.05, 3.63) is 88.4 Å². The van der Waals surface area contributed by atoms with Crippen molar-refractivity contribution < 1.29 is 0 Å². The maximum Gasteiger partial charge on any atom is 0.128 e. The van der Waals surface area contributed by atoms with Crippen LogP contribution < -0.4 is 0 Å². The van der Waals surface area contributed by atoms with Crippen molar-refractivity contribution in [1.82, 2.24) is 9.55 Å². The second-order valence-electron chi connectivity index (χ2n) is 11.6. The van der Waals surface area contributed by atoms with E-state index in [4.69, 9.17) is 4.98 Å². The SMILES string of the molecule is CC1=CC2(C)C(=CC1C)c1cc(CC(C)(C)C)ccc1-n1c(-c3c(C)cccc3C)cnc12. The Kier molecular flexibility index (Phi) is 4.87. The predicted molar refractivity (Wildman–Crippen MR) is 140 cm³/mol. The lowest BCUT2D eigenvalue weighted by molar-refractivity contribution is 0.411. The molecule has 0 radical (unpaired) electrons. The van der Waals surface area contributed by atoms with Crippen LogP contribution in [0.15, 0.2) is 60.3 Å². The molecule has 1 aliphatic heterocycles. The average molecular weight is 437 g/mol. The molecule has 170 valence electrons. The third-order valence-electron chi connectivity index (χ3n) is 7.50. The number of hydrogen-bond acceptors (Lipinski definition) is 1. The fourth-order valence-electron chi connectivity index (χ4n) is 5.85. The molecule has 0 spiro atoms. The van der Waals surface area contributed by atoms with Gasteiger partial charge in [-0.05, 0) is 79.8 Å². The molecule has 0 amide bonds.